The Bertz CT molecular complexity index is 1450. The number of amides is 2. The van der Waals surface area contributed by atoms with Gasteiger partial charge in [-0.05, 0) is 59.7 Å². The van der Waals surface area contributed by atoms with Gasteiger partial charge in [0.25, 0.3) is 5.91 Å². The number of methoxy groups -OCH3 is 1. The largest absolute Gasteiger partial charge is 0.497 e. The van der Waals surface area contributed by atoms with E-state index in [9.17, 15) is 18.4 Å². The number of hydrazone groups is 1. The first-order chi connectivity index (χ1) is 18.3. The Balaban J connectivity index is 1.34. The van der Waals surface area contributed by atoms with Crippen LogP contribution in [0.3, 0.4) is 0 Å². The summed E-state index contributed by atoms with van der Waals surface area (Å²) in [5.74, 6) is -2.35. The van der Waals surface area contributed by atoms with Crippen molar-refractivity contribution in [1.29, 1.82) is 0 Å². The normalized spacial score (nSPS) is 18.8. The molecule has 11 heteroatoms. The molecule has 2 heterocycles. The van der Waals surface area contributed by atoms with Crippen molar-refractivity contribution in [3.63, 3.8) is 0 Å². The smallest absolute Gasteiger partial charge is 0.262 e. The number of carbonyl (C=O) groups is 2. The zero-order valence-corrected chi connectivity index (χ0v) is 21.6. The van der Waals surface area contributed by atoms with Crippen molar-refractivity contribution >= 4 is 51.7 Å². The van der Waals surface area contributed by atoms with Crippen LogP contribution in [-0.2, 0) is 9.59 Å². The molecule has 38 heavy (non-hydrogen) atoms. The second kappa shape index (κ2) is 10.9. The third-order valence-corrected chi connectivity index (χ3v) is 7.48. The summed E-state index contributed by atoms with van der Waals surface area (Å²) >= 11 is 7.24. The number of ether oxygens (including phenoxy) is 1. The summed E-state index contributed by atoms with van der Waals surface area (Å²) in [7, 11) is 1.60. The number of nitrogens with one attached hydrogen (secondary N) is 1. The number of halogens is 3. The third kappa shape index (κ3) is 5.56. The molecule has 7 nitrogen and oxygen atoms in total. The molecule has 0 unspecified atom stereocenters. The maximum Gasteiger partial charge on any atom is 0.262 e. The lowest BCUT2D eigenvalue weighted by atomic mass is 9.98. The van der Waals surface area contributed by atoms with Crippen LogP contribution in [-0.4, -0.2) is 40.1 Å². The van der Waals surface area contributed by atoms with Crippen molar-refractivity contribution in [2.45, 2.75) is 24.1 Å². The Hall–Kier alpha value is -3.76. The van der Waals surface area contributed by atoms with Gasteiger partial charge in [-0.1, -0.05) is 35.5 Å². The van der Waals surface area contributed by atoms with E-state index < -0.39 is 28.7 Å². The number of rotatable bonds is 6. The first-order valence-corrected chi connectivity index (χ1v) is 12.9. The van der Waals surface area contributed by atoms with Crippen molar-refractivity contribution in [3.8, 4) is 5.75 Å². The van der Waals surface area contributed by atoms with Crippen LogP contribution in [0.5, 0.6) is 5.75 Å². The van der Waals surface area contributed by atoms with Crippen molar-refractivity contribution in [3.05, 3.63) is 94.5 Å². The van der Waals surface area contributed by atoms with Crippen LogP contribution in [0.25, 0.3) is 0 Å². The van der Waals surface area contributed by atoms with Crippen LogP contribution in [0, 0.1) is 11.6 Å². The molecule has 5 rings (SSSR count). The fourth-order valence-electron chi connectivity index (χ4n) is 4.15. The molecule has 0 spiro atoms. The molecule has 0 aromatic heterocycles. The quantitative estimate of drug-likeness (QED) is 0.416. The molecule has 2 atom stereocenters. The topological polar surface area (TPSA) is 83.4 Å². The fourth-order valence-corrected chi connectivity index (χ4v) is 5.34. The first-order valence-electron chi connectivity index (χ1n) is 11.6. The van der Waals surface area contributed by atoms with Gasteiger partial charge in [-0.15, -0.1) is 0 Å². The highest BCUT2D eigenvalue weighted by molar-refractivity contribution is 8.15. The Morgan fingerprint density at radius 2 is 1.84 bits per heavy atom. The number of amidine groups is 1. The fraction of sp³-hybridized carbons (Fsp3) is 0.185. The number of aliphatic imine (C=N–C) groups is 1. The van der Waals surface area contributed by atoms with Gasteiger partial charge in [-0.3, -0.25) is 9.59 Å². The van der Waals surface area contributed by atoms with Crippen LogP contribution < -0.4 is 10.1 Å². The highest BCUT2D eigenvalue weighted by Gasteiger charge is 2.39. The van der Waals surface area contributed by atoms with Gasteiger partial charge >= 0.3 is 0 Å². The Kier molecular flexibility index (Phi) is 7.44. The van der Waals surface area contributed by atoms with Gasteiger partial charge in [0.1, 0.15) is 11.0 Å². The first kappa shape index (κ1) is 25.9. The number of nitrogens with zero attached hydrogens (tertiary/aromatic N) is 3. The molecule has 3 aromatic rings. The van der Waals surface area contributed by atoms with Crippen LogP contribution in [0.2, 0.25) is 5.02 Å². The van der Waals surface area contributed by atoms with Gasteiger partial charge in [0.15, 0.2) is 16.8 Å². The van der Waals surface area contributed by atoms with Crippen molar-refractivity contribution in [2.75, 3.05) is 12.4 Å². The van der Waals surface area contributed by atoms with Crippen molar-refractivity contribution in [2.24, 2.45) is 10.1 Å². The molecule has 2 amide bonds. The molecular weight excluding hydrogens is 534 g/mol. The molecule has 194 valence electrons. The summed E-state index contributed by atoms with van der Waals surface area (Å²) in [5.41, 5.74) is 2.76. The standard InChI is InChI=1S/C27H21ClF2N4O3S/c1-37-19-9-4-15(5-10-19)22-13-23(16-2-6-17(28)7-3-16)34(33-22)27-32-26(36)24(38-27)14-25(35)31-18-8-11-20(29)21(30)12-18/h2-12,23-24H,13-14H2,1H3,(H,31,35)/t23-,24+/m1/s1. The minimum atomic E-state index is -1.08. The molecule has 2 aliphatic rings. The van der Waals surface area contributed by atoms with E-state index in [1.165, 1.54) is 6.07 Å². The second-order valence-electron chi connectivity index (χ2n) is 8.61. The minimum Gasteiger partial charge on any atom is -0.497 e. The Morgan fingerprint density at radius 1 is 1.11 bits per heavy atom. The van der Waals surface area contributed by atoms with Gasteiger partial charge in [0, 0.05) is 29.6 Å². The maximum absolute atomic E-state index is 13.5. The van der Waals surface area contributed by atoms with Crippen LogP contribution >= 0.6 is 23.4 Å². The van der Waals surface area contributed by atoms with E-state index in [4.69, 9.17) is 21.4 Å². The predicted molar refractivity (Wildman–Crippen MR) is 144 cm³/mol. The third-order valence-electron chi connectivity index (χ3n) is 6.09. The monoisotopic (exact) mass is 554 g/mol. The lowest BCUT2D eigenvalue weighted by Gasteiger charge is -2.23. The summed E-state index contributed by atoms with van der Waals surface area (Å²) in [6.45, 7) is 0. The van der Waals surface area contributed by atoms with E-state index in [1.54, 1.807) is 24.3 Å². The maximum atomic E-state index is 13.5. The highest BCUT2D eigenvalue weighted by Crippen LogP contribution is 2.39. The average molecular weight is 555 g/mol. The summed E-state index contributed by atoms with van der Waals surface area (Å²) in [4.78, 5) is 29.5. The molecule has 2 aliphatic heterocycles. The second-order valence-corrected chi connectivity index (χ2v) is 10.2. The molecule has 3 aromatic carbocycles. The van der Waals surface area contributed by atoms with E-state index in [0.29, 0.717) is 16.6 Å². The number of hydrogen-bond acceptors (Lipinski definition) is 6. The van der Waals surface area contributed by atoms with Crippen LogP contribution in [0.1, 0.15) is 30.0 Å². The zero-order chi connectivity index (χ0) is 26.8. The van der Waals surface area contributed by atoms with E-state index in [1.807, 2.05) is 36.4 Å². The van der Waals surface area contributed by atoms with Crippen molar-refractivity contribution < 1.29 is 23.1 Å². The molecule has 0 bridgehead atoms. The van der Waals surface area contributed by atoms with Gasteiger partial charge < -0.3 is 10.1 Å². The van der Waals surface area contributed by atoms with Gasteiger partial charge in [0.05, 0.1) is 18.9 Å². The molecule has 0 saturated carbocycles. The van der Waals surface area contributed by atoms with Gasteiger partial charge in [0.2, 0.25) is 5.91 Å². The van der Waals surface area contributed by atoms with E-state index in [2.05, 4.69) is 10.3 Å². The van der Waals surface area contributed by atoms with Crippen LogP contribution in [0.15, 0.2) is 76.8 Å². The lowest BCUT2D eigenvalue weighted by Crippen LogP contribution is -2.25. The van der Waals surface area contributed by atoms with Crippen LogP contribution in [0.4, 0.5) is 14.5 Å². The Morgan fingerprint density at radius 3 is 2.53 bits per heavy atom. The number of thioether (sulfide) groups is 1. The molecular formula is C27H21ClF2N4O3S. The van der Waals surface area contributed by atoms with Crippen molar-refractivity contribution in [1.82, 2.24) is 5.01 Å². The SMILES string of the molecule is COc1ccc(C2=NN(C3=NC(=O)[C@H](CC(=O)Nc4ccc(F)c(F)c4)S3)[C@@H](c3ccc(Cl)cc3)C2)cc1. The number of anilines is 1. The summed E-state index contributed by atoms with van der Waals surface area (Å²) in [6.07, 6.45) is 0.368. The predicted octanol–water partition coefficient (Wildman–Crippen LogP) is 5.80. The lowest BCUT2D eigenvalue weighted by molar-refractivity contribution is -0.121. The molecule has 1 N–H and O–H groups in total. The summed E-state index contributed by atoms with van der Waals surface area (Å²) < 4.78 is 31.9. The molecule has 0 radical (unpaired) electrons. The number of hydrogen-bond donors (Lipinski definition) is 1. The Labute approximate surface area is 226 Å². The van der Waals surface area contributed by atoms with Gasteiger partial charge in [-0.25, -0.2) is 13.8 Å². The van der Waals surface area contributed by atoms with E-state index >= 15 is 0 Å². The molecule has 0 aliphatic carbocycles. The number of benzene rings is 3. The number of carbonyl (C=O) groups excluding carboxylic acids is 2. The highest BCUT2D eigenvalue weighted by atomic mass is 35.5. The zero-order valence-electron chi connectivity index (χ0n) is 20.0. The summed E-state index contributed by atoms with van der Waals surface area (Å²) in [6, 6.07) is 17.7. The van der Waals surface area contributed by atoms with E-state index in [0.717, 1.165) is 46.5 Å². The molecule has 0 saturated heterocycles. The average Bonchev–Trinajstić information content (AvgIpc) is 3.51. The summed E-state index contributed by atoms with van der Waals surface area (Å²) in [5, 5.41) is 9.21. The minimum absolute atomic E-state index is 0.0987. The van der Waals surface area contributed by atoms with Gasteiger partial charge in [-0.2, -0.15) is 10.1 Å². The van der Waals surface area contributed by atoms with E-state index in [-0.39, 0.29) is 18.2 Å². The molecule has 0 fully saturated rings.